The van der Waals surface area contributed by atoms with Crippen LogP contribution < -0.4 is 0 Å². The number of hydrogen-bond donors (Lipinski definition) is 0. The maximum absolute atomic E-state index is 13.0. The van der Waals surface area contributed by atoms with Gasteiger partial charge in [0.2, 0.25) is 0 Å². The zero-order chi connectivity index (χ0) is 16.4. The van der Waals surface area contributed by atoms with Crippen molar-refractivity contribution in [2.45, 2.75) is 13.1 Å². The Hall–Kier alpha value is -2.62. The highest BCUT2D eigenvalue weighted by molar-refractivity contribution is 5.83. The molecule has 0 N–H and O–H groups in total. The number of aromatic nitrogens is 1. The van der Waals surface area contributed by atoms with E-state index >= 15 is 0 Å². The first-order valence-corrected chi connectivity index (χ1v) is 7.15. The number of nitrogens with zero attached hydrogens (tertiary/aromatic N) is 1. The van der Waals surface area contributed by atoms with Gasteiger partial charge >= 0.3 is 6.18 Å². The number of hydrogen-bond acceptors (Lipinski definition) is 1. The fourth-order valence-electron chi connectivity index (χ4n) is 2.59. The van der Waals surface area contributed by atoms with E-state index in [1.165, 1.54) is 6.07 Å². The van der Waals surface area contributed by atoms with E-state index in [2.05, 4.69) is 4.98 Å². The minimum absolute atomic E-state index is 0.461. The van der Waals surface area contributed by atoms with Crippen molar-refractivity contribution in [3.05, 3.63) is 78.0 Å². The molecule has 4 heteroatoms. The molecule has 1 nitrogen and oxygen atoms in total. The van der Waals surface area contributed by atoms with E-state index < -0.39 is 11.7 Å². The quantitative estimate of drug-likeness (QED) is 0.587. The van der Waals surface area contributed by atoms with Crippen LogP contribution in [-0.4, -0.2) is 4.98 Å². The monoisotopic (exact) mass is 313 g/mol. The van der Waals surface area contributed by atoms with E-state index in [0.717, 1.165) is 28.8 Å². The number of aryl methyl sites for hydroxylation is 1. The summed E-state index contributed by atoms with van der Waals surface area (Å²) in [4.78, 5) is 4.34. The van der Waals surface area contributed by atoms with Gasteiger partial charge in [-0.05, 0) is 36.2 Å². The minimum atomic E-state index is -4.37. The van der Waals surface area contributed by atoms with Crippen molar-refractivity contribution >= 4 is 0 Å². The van der Waals surface area contributed by atoms with Crippen molar-refractivity contribution in [1.82, 2.24) is 4.98 Å². The Balaban J connectivity index is 2.21. The van der Waals surface area contributed by atoms with E-state index in [1.54, 1.807) is 12.3 Å². The number of rotatable bonds is 2. The molecule has 0 radical (unpaired) electrons. The smallest absolute Gasteiger partial charge is 0.256 e. The Bertz CT molecular complexity index is 824. The van der Waals surface area contributed by atoms with Crippen LogP contribution in [0.3, 0.4) is 0 Å². The molecule has 0 saturated heterocycles. The van der Waals surface area contributed by atoms with Gasteiger partial charge in [-0.25, -0.2) is 0 Å². The minimum Gasteiger partial charge on any atom is -0.256 e. The highest BCUT2D eigenvalue weighted by Crippen LogP contribution is 2.36. The van der Waals surface area contributed by atoms with Crippen LogP contribution in [0, 0.1) is 6.92 Å². The maximum Gasteiger partial charge on any atom is 0.416 e. The molecule has 0 aliphatic rings. The van der Waals surface area contributed by atoms with Gasteiger partial charge in [-0.3, -0.25) is 4.98 Å². The summed E-state index contributed by atoms with van der Waals surface area (Å²) in [5.41, 5.74) is 3.11. The van der Waals surface area contributed by atoms with E-state index in [9.17, 15) is 13.2 Å². The molecular weight excluding hydrogens is 299 g/mol. The second-order valence-corrected chi connectivity index (χ2v) is 5.30. The van der Waals surface area contributed by atoms with Gasteiger partial charge in [0.15, 0.2) is 0 Å². The Morgan fingerprint density at radius 1 is 0.826 bits per heavy atom. The summed E-state index contributed by atoms with van der Waals surface area (Å²) in [6.45, 7) is 1.93. The Morgan fingerprint density at radius 2 is 1.52 bits per heavy atom. The van der Waals surface area contributed by atoms with Gasteiger partial charge in [-0.1, -0.05) is 42.5 Å². The predicted molar refractivity (Wildman–Crippen MR) is 84.8 cm³/mol. The van der Waals surface area contributed by atoms with Crippen LogP contribution >= 0.6 is 0 Å². The molecule has 3 rings (SSSR count). The molecule has 0 saturated carbocycles. The Morgan fingerprint density at radius 3 is 2.22 bits per heavy atom. The van der Waals surface area contributed by atoms with Gasteiger partial charge in [0.25, 0.3) is 0 Å². The maximum atomic E-state index is 13.0. The third-order valence-corrected chi connectivity index (χ3v) is 3.69. The zero-order valence-corrected chi connectivity index (χ0v) is 12.4. The van der Waals surface area contributed by atoms with Crippen molar-refractivity contribution in [1.29, 1.82) is 0 Å². The summed E-state index contributed by atoms with van der Waals surface area (Å²) in [5.74, 6) is 0. The molecule has 23 heavy (non-hydrogen) atoms. The molecule has 0 spiro atoms. The van der Waals surface area contributed by atoms with Gasteiger partial charge in [-0.15, -0.1) is 0 Å². The van der Waals surface area contributed by atoms with Crippen LogP contribution in [0.25, 0.3) is 22.4 Å². The van der Waals surface area contributed by atoms with Gasteiger partial charge in [0.05, 0.1) is 11.3 Å². The van der Waals surface area contributed by atoms with Gasteiger partial charge in [0, 0.05) is 17.3 Å². The molecule has 1 aromatic heterocycles. The third kappa shape index (κ3) is 3.11. The van der Waals surface area contributed by atoms with Crippen LogP contribution in [0.5, 0.6) is 0 Å². The standard InChI is InChI=1S/C19H14F3N/c1-13-10-11-23-18(17(13)14-6-3-2-4-7-14)15-8-5-9-16(12-15)19(20,21)22/h2-12H,1H3. The van der Waals surface area contributed by atoms with Crippen LogP contribution in [-0.2, 0) is 6.18 Å². The lowest BCUT2D eigenvalue weighted by atomic mass is 9.95. The molecule has 0 aliphatic heterocycles. The predicted octanol–water partition coefficient (Wildman–Crippen LogP) is 5.74. The number of pyridine rings is 1. The van der Waals surface area contributed by atoms with Gasteiger partial charge < -0.3 is 0 Å². The molecule has 1 heterocycles. The van der Waals surface area contributed by atoms with Crippen LogP contribution in [0.15, 0.2) is 66.9 Å². The molecule has 0 unspecified atom stereocenters. The molecule has 0 fully saturated rings. The molecule has 2 aromatic carbocycles. The molecule has 3 aromatic rings. The average molecular weight is 313 g/mol. The summed E-state index contributed by atoms with van der Waals surface area (Å²) in [6.07, 6.45) is -2.75. The molecule has 0 bridgehead atoms. The van der Waals surface area contributed by atoms with E-state index in [1.807, 2.05) is 43.3 Å². The first kappa shape index (κ1) is 15.3. The van der Waals surface area contributed by atoms with Crippen LogP contribution in [0.4, 0.5) is 13.2 Å². The Labute approximate surface area is 132 Å². The molecular formula is C19H14F3N. The summed E-state index contributed by atoms with van der Waals surface area (Å²) in [5, 5.41) is 0. The van der Waals surface area contributed by atoms with Crippen molar-refractivity contribution in [2.24, 2.45) is 0 Å². The fraction of sp³-hybridized carbons (Fsp3) is 0.105. The van der Waals surface area contributed by atoms with Crippen LogP contribution in [0.1, 0.15) is 11.1 Å². The van der Waals surface area contributed by atoms with Crippen molar-refractivity contribution in [3.63, 3.8) is 0 Å². The second-order valence-electron chi connectivity index (χ2n) is 5.30. The normalized spacial score (nSPS) is 11.5. The highest BCUT2D eigenvalue weighted by atomic mass is 19.4. The first-order valence-electron chi connectivity index (χ1n) is 7.15. The molecule has 116 valence electrons. The van der Waals surface area contributed by atoms with E-state index in [-0.39, 0.29) is 0 Å². The summed E-state index contributed by atoms with van der Waals surface area (Å²) in [7, 11) is 0. The third-order valence-electron chi connectivity index (χ3n) is 3.69. The van der Waals surface area contributed by atoms with Crippen molar-refractivity contribution in [2.75, 3.05) is 0 Å². The lowest BCUT2D eigenvalue weighted by Gasteiger charge is -2.14. The highest BCUT2D eigenvalue weighted by Gasteiger charge is 2.30. The lowest BCUT2D eigenvalue weighted by molar-refractivity contribution is -0.137. The summed E-state index contributed by atoms with van der Waals surface area (Å²) >= 11 is 0. The Kier molecular flexibility index (Phi) is 3.90. The number of benzene rings is 2. The average Bonchev–Trinajstić information content (AvgIpc) is 2.55. The molecule has 0 atom stereocenters. The van der Waals surface area contributed by atoms with Gasteiger partial charge in [0.1, 0.15) is 0 Å². The second kappa shape index (κ2) is 5.88. The van der Waals surface area contributed by atoms with Crippen molar-refractivity contribution in [3.8, 4) is 22.4 Å². The van der Waals surface area contributed by atoms with E-state index in [0.29, 0.717) is 11.3 Å². The number of alkyl halides is 3. The van der Waals surface area contributed by atoms with Crippen molar-refractivity contribution < 1.29 is 13.2 Å². The molecule has 0 amide bonds. The lowest BCUT2D eigenvalue weighted by Crippen LogP contribution is -2.05. The largest absolute Gasteiger partial charge is 0.416 e. The topological polar surface area (TPSA) is 12.9 Å². The number of halogens is 3. The molecule has 0 aliphatic carbocycles. The van der Waals surface area contributed by atoms with E-state index in [4.69, 9.17) is 0 Å². The SMILES string of the molecule is Cc1ccnc(-c2cccc(C(F)(F)F)c2)c1-c1ccccc1. The zero-order valence-electron chi connectivity index (χ0n) is 12.4. The first-order chi connectivity index (χ1) is 11.0. The summed E-state index contributed by atoms with van der Waals surface area (Å²) < 4.78 is 38.9. The summed E-state index contributed by atoms with van der Waals surface area (Å²) in [6, 6.07) is 16.7. The fourth-order valence-corrected chi connectivity index (χ4v) is 2.59. The van der Waals surface area contributed by atoms with Crippen LogP contribution in [0.2, 0.25) is 0 Å². The van der Waals surface area contributed by atoms with Gasteiger partial charge in [-0.2, -0.15) is 13.2 Å².